The molecule has 162 valence electrons. The second-order valence-corrected chi connectivity index (χ2v) is 9.14. The third kappa shape index (κ3) is 3.49. The average molecular weight is 467 g/mol. The molecule has 32 heavy (non-hydrogen) atoms. The van der Waals surface area contributed by atoms with Crippen LogP contribution in [-0.2, 0) is 0 Å². The molecule has 5 rings (SSSR count). The van der Waals surface area contributed by atoms with Gasteiger partial charge in [0.05, 0.1) is 11.2 Å². The van der Waals surface area contributed by atoms with E-state index in [9.17, 15) is 14.7 Å². The van der Waals surface area contributed by atoms with E-state index in [1.54, 1.807) is 6.07 Å². The van der Waals surface area contributed by atoms with Gasteiger partial charge in [0.25, 0.3) is 5.91 Å². The molecule has 4 N–H and O–H groups in total. The molecule has 4 heterocycles. The largest absolute Gasteiger partial charge is 0.477 e. The number of aromatic carboxylic acids is 1. The average Bonchev–Trinajstić information content (AvgIpc) is 3.10. The Morgan fingerprint density at radius 3 is 2.91 bits per heavy atom. The SMILES string of the molecule is CSc1ncc(C(=O)O)c(Nc2ccc3c(ccc4sc5c(c43)NCC(C)NC5=O)n2)n1. The van der Waals surface area contributed by atoms with Gasteiger partial charge in [-0.1, -0.05) is 11.8 Å². The molecule has 1 aliphatic rings. The predicted octanol–water partition coefficient (Wildman–Crippen LogP) is 3.95. The van der Waals surface area contributed by atoms with Crippen LogP contribution in [0.5, 0.6) is 0 Å². The number of rotatable bonds is 4. The van der Waals surface area contributed by atoms with Crippen LogP contribution in [0.1, 0.15) is 27.0 Å². The van der Waals surface area contributed by atoms with Crippen molar-refractivity contribution in [2.24, 2.45) is 0 Å². The molecule has 1 aliphatic heterocycles. The Morgan fingerprint density at radius 1 is 1.28 bits per heavy atom. The minimum absolute atomic E-state index is 0.0310. The molecule has 0 saturated heterocycles. The highest BCUT2D eigenvalue weighted by atomic mass is 32.2. The fourth-order valence-corrected chi connectivity index (χ4v) is 5.07. The summed E-state index contributed by atoms with van der Waals surface area (Å²) in [6.07, 6.45) is 3.10. The normalized spacial score (nSPS) is 15.7. The quantitative estimate of drug-likeness (QED) is 0.261. The molecule has 1 aromatic carbocycles. The van der Waals surface area contributed by atoms with Crippen molar-refractivity contribution in [1.82, 2.24) is 20.3 Å². The summed E-state index contributed by atoms with van der Waals surface area (Å²) in [4.78, 5) is 37.8. The Morgan fingerprint density at radius 2 is 2.12 bits per heavy atom. The molecular weight excluding hydrogens is 448 g/mol. The van der Waals surface area contributed by atoms with Gasteiger partial charge in [-0.2, -0.15) is 0 Å². The molecule has 0 radical (unpaired) electrons. The maximum Gasteiger partial charge on any atom is 0.341 e. The third-order valence-electron chi connectivity index (χ3n) is 5.12. The van der Waals surface area contributed by atoms with Crippen LogP contribution in [0.15, 0.2) is 35.6 Å². The number of benzene rings is 1. The number of anilines is 3. The summed E-state index contributed by atoms with van der Waals surface area (Å²) < 4.78 is 0.996. The Labute approximate surface area is 190 Å². The van der Waals surface area contributed by atoms with Crippen LogP contribution in [0.25, 0.3) is 21.0 Å². The number of nitrogens with zero attached hydrogens (tertiary/aromatic N) is 3. The molecule has 0 bridgehead atoms. The van der Waals surface area contributed by atoms with Crippen LogP contribution in [0.4, 0.5) is 17.3 Å². The van der Waals surface area contributed by atoms with Gasteiger partial charge < -0.3 is 21.1 Å². The van der Waals surface area contributed by atoms with Gasteiger partial charge in [0.1, 0.15) is 16.3 Å². The number of carbonyl (C=O) groups is 2. The van der Waals surface area contributed by atoms with Crippen molar-refractivity contribution in [2.45, 2.75) is 18.1 Å². The number of carboxylic acid groups (broad SMARTS) is 1. The Balaban J connectivity index is 1.60. The van der Waals surface area contributed by atoms with E-state index in [-0.39, 0.29) is 23.3 Å². The zero-order valence-electron chi connectivity index (χ0n) is 17.1. The summed E-state index contributed by atoms with van der Waals surface area (Å²) in [7, 11) is 0. The maximum absolute atomic E-state index is 12.6. The molecule has 1 unspecified atom stereocenters. The van der Waals surface area contributed by atoms with Crippen molar-refractivity contribution in [3.05, 3.63) is 40.9 Å². The zero-order chi connectivity index (χ0) is 22.4. The summed E-state index contributed by atoms with van der Waals surface area (Å²) >= 11 is 2.77. The molecule has 9 nitrogen and oxygen atoms in total. The van der Waals surface area contributed by atoms with E-state index < -0.39 is 5.97 Å². The highest BCUT2D eigenvalue weighted by Crippen LogP contribution is 2.41. The minimum atomic E-state index is -1.12. The summed E-state index contributed by atoms with van der Waals surface area (Å²) in [5, 5.41) is 21.2. The first kappa shape index (κ1) is 20.5. The second-order valence-electron chi connectivity index (χ2n) is 7.31. The first-order valence-corrected chi connectivity index (χ1v) is 11.8. The number of thioether (sulfide) groups is 1. The predicted molar refractivity (Wildman–Crippen MR) is 127 cm³/mol. The summed E-state index contributed by atoms with van der Waals surface area (Å²) in [5.41, 5.74) is 1.51. The number of hydrogen-bond donors (Lipinski definition) is 4. The first-order chi connectivity index (χ1) is 15.4. The summed E-state index contributed by atoms with van der Waals surface area (Å²) in [6.45, 7) is 2.60. The van der Waals surface area contributed by atoms with Gasteiger partial charge in [-0.25, -0.2) is 19.7 Å². The molecular formula is C21H18N6O3S2. The summed E-state index contributed by atoms with van der Waals surface area (Å²) in [5.74, 6) is -0.554. The number of carbonyl (C=O) groups excluding carboxylic acids is 1. The lowest BCUT2D eigenvalue weighted by atomic mass is 10.1. The van der Waals surface area contributed by atoms with Gasteiger partial charge in [0.15, 0.2) is 11.0 Å². The molecule has 0 saturated carbocycles. The molecule has 1 amide bonds. The Kier molecular flexibility index (Phi) is 5.06. The van der Waals surface area contributed by atoms with Crippen LogP contribution >= 0.6 is 23.1 Å². The van der Waals surface area contributed by atoms with Gasteiger partial charge in [-0.05, 0) is 37.4 Å². The standard InChI is InChI=1S/C21H18N6O3S2/c1-9-7-22-16-15-10-3-6-14(26-18-11(20(29)30)8-23-21(27-18)31-2)25-12(10)4-5-13(15)32-17(16)19(28)24-9/h3-6,8-9,22H,7H2,1-2H3,(H,24,28)(H,29,30)(H,23,25,26,27). The fraction of sp³-hybridized carbons (Fsp3) is 0.190. The van der Waals surface area contributed by atoms with Gasteiger partial charge in [-0.3, -0.25) is 4.79 Å². The van der Waals surface area contributed by atoms with Crippen LogP contribution in [-0.4, -0.2) is 50.8 Å². The Bertz CT molecular complexity index is 1400. The smallest absolute Gasteiger partial charge is 0.341 e. The lowest BCUT2D eigenvalue weighted by molar-refractivity contribution is 0.0696. The molecule has 1 atom stereocenters. The lowest BCUT2D eigenvalue weighted by Crippen LogP contribution is -2.34. The third-order valence-corrected chi connectivity index (χ3v) is 6.83. The molecule has 3 aromatic heterocycles. The number of amides is 1. The molecule has 4 aromatic rings. The van der Waals surface area contributed by atoms with Gasteiger partial charge in [0, 0.05) is 34.3 Å². The second kappa shape index (κ2) is 7.92. The highest BCUT2D eigenvalue weighted by Gasteiger charge is 2.25. The van der Waals surface area contributed by atoms with Crippen LogP contribution in [0, 0.1) is 0 Å². The van der Waals surface area contributed by atoms with Crippen molar-refractivity contribution in [2.75, 3.05) is 23.4 Å². The maximum atomic E-state index is 12.6. The monoisotopic (exact) mass is 466 g/mol. The van der Waals surface area contributed by atoms with Crippen LogP contribution in [0.3, 0.4) is 0 Å². The first-order valence-electron chi connectivity index (χ1n) is 9.77. The minimum Gasteiger partial charge on any atom is -0.477 e. The fourth-order valence-electron chi connectivity index (χ4n) is 3.63. The molecule has 0 aliphatic carbocycles. The number of aromatic nitrogens is 3. The number of nitrogens with one attached hydrogen (secondary N) is 3. The Hall–Kier alpha value is -3.44. The van der Waals surface area contributed by atoms with Gasteiger partial charge in [0.2, 0.25) is 0 Å². The van der Waals surface area contributed by atoms with Gasteiger partial charge in [-0.15, -0.1) is 11.3 Å². The van der Waals surface area contributed by atoms with E-state index in [2.05, 4.69) is 30.9 Å². The topological polar surface area (TPSA) is 129 Å². The number of hydrogen-bond acceptors (Lipinski definition) is 9. The number of thiophene rings is 1. The van der Waals surface area contributed by atoms with Crippen molar-refractivity contribution in [1.29, 1.82) is 0 Å². The van der Waals surface area contributed by atoms with Gasteiger partial charge >= 0.3 is 5.97 Å². The van der Waals surface area contributed by atoms with E-state index >= 15 is 0 Å². The van der Waals surface area contributed by atoms with E-state index in [1.165, 1.54) is 29.3 Å². The van der Waals surface area contributed by atoms with Crippen molar-refractivity contribution in [3.63, 3.8) is 0 Å². The van der Waals surface area contributed by atoms with Crippen LogP contribution in [0.2, 0.25) is 0 Å². The van der Waals surface area contributed by atoms with Crippen molar-refractivity contribution in [3.8, 4) is 0 Å². The highest BCUT2D eigenvalue weighted by molar-refractivity contribution is 7.98. The summed E-state index contributed by atoms with van der Waals surface area (Å²) in [6, 6.07) is 7.57. The molecule has 0 spiro atoms. The number of carboxylic acids is 1. The van der Waals surface area contributed by atoms with E-state index in [4.69, 9.17) is 0 Å². The molecule has 0 fully saturated rings. The molecule has 11 heteroatoms. The number of fused-ring (bicyclic) bond motifs is 5. The zero-order valence-corrected chi connectivity index (χ0v) is 18.7. The lowest BCUT2D eigenvalue weighted by Gasteiger charge is -2.11. The number of pyridine rings is 1. The van der Waals surface area contributed by atoms with Crippen molar-refractivity contribution >= 4 is 73.3 Å². The van der Waals surface area contributed by atoms with E-state index in [1.807, 2.05) is 31.4 Å². The van der Waals surface area contributed by atoms with E-state index in [0.29, 0.717) is 22.4 Å². The van der Waals surface area contributed by atoms with Crippen molar-refractivity contribution < 1.29 is 14.7 Å². The van der Waals surface area contributed by atoms with Crippen LogP contribution < -0.4 is 16.0 Å². The van der Waals surface area contributed by atoms with E-state index in [0.717, 1.165) is 26.7 Å².